The molecule has 0 radical (unpaired) electrons. The van der Waals surface area contributed by atoms with Crippen LogP contribution < -0.4 is 10.6 Å². The predicted octanol–water partition coefficient (Wildman–Crippen LogP) is 1.31. The van der Waals surface area contributed by atoms with Crippen molar-refractivity contribution in [3.05, 3.63) is 17.4 Å². The van der Waals surface area contributed by atoms with Gasteiger partial charge in [0.25, 0.3) is 0 Å². The van der Waals surface area contributed by atoms with Crippen LogP contribution >= 0.6 is 11.6 Å². The second kappa shape index (κ2) is 6.74. The average Bonchev–Trinajstić information content (AvgIpc) is 2.38. The third-order valence-electron chi connectivity index (χ3n) is 2.65. The summed E-state index contributed by atoms with van der Waals surface area (Å²) in [5, 5.41) is 6.94. The van der Waals surface area contributed by atoms with E-state index in [0.717, 1.165) is 25.9 Å². The highest BCUT2D eigenvalue weighted by molar-refractivity contribution is 6.30. The smallest absolute Gasteiger partial charge is 0.222 e. The maximum Gasteiger partial charge on any atom is 0.222 e. The zero-order valence-electron chi connectivity index (χ0n) is 9.66. The molecule has 0 atom stereocenters. The van der Waals surface area contributed by atoms with E-state index in [-0.39, 0.29) is 0 Å². The molecule has 0 unspecified atom stereocenters. The molecule has 1 aliphatic heterocycles. The summed E-state index contributed by atoms with van der Waals surface area (Å²) >= 11 is 5.69. The molecule has 2 N–H and O–H groups in total. The van der Waals surface area contributed by atoms with E-state index in [0.29, 0.717) is 30.2 Å². The monoisotopic (exact) mass is 256 g/mol. The molecule has 1 saturated heterocycles. The number of aromatic nitrogens is 2. The largest absolute Gasteiger partial charge is 0.376 e. The van der Waals surface area contributed by atoms with Crippen molar-refractivity contribution in [1.29, 1.82) is 0 Å². The van der Waals surface area contributed by atoms with E-state index in [1.165, 1.54) is 0 Å². The highest BCUT2D eigenvalue weighted by atomic mass is 35.5. The summed E-state index contributed by atoms with van der Waals surface area (Å²) in [4.78, 5) is 8.09. The summed E-state index contributed by atoms with van der Waals surface area (Å²) in [6.07, 6.45) is 5.73. The number of nitrogens with one attached hydrogen (secondary N) is 2. The lowest BCUT2D eigenvalue weighted by Gasteiger charge is -2.22. The minimum Gasteiger partial charge on any atom is -0.376 e. The molecule has 0 aliphatic carbocycles. The van der Waals surface area contributed by atoms with Crippen LogP contribution in [-0.4, -0.2) is 42.3 Å². The minimum absolute atomic E-state index is 0.393. The van der Waals surface area contributed by atoms with Crippen molar-refractivity contribution in [2.45, 2.75) is 18.9 Å². The normalized spacial score (nSPS) is 17.0. The number of ether oxygens (including phenoxy) is 1. The Balaban J connectivity index is 1.60. The van der Waals surface area contributed by atoms with E-state index in [1.807, 2.05) is 0 Å². The van der Waals surface area contributed by atoms with E-state index < -0.39 is 0 Å². The Kier molecular flexibility index (Phi) is 4.97. The van der Waals surface area contributed by atoms with Crippen molar-refractivity contribution in [2.24, 2.45) is 0 Å². The van der Waals surface area contributed by atoms with Gasteiger partial charge in [0.15, 0.2) is 0 Å². The molecule has 6 heteroatoms. The molecule has 1 aliphatic rings. The minimum atomic E-state index is 0.393. The van der Waals surface area contributed by atoms with Crippen LogP contribution in [0.1, 0.15) is 12.8 Å². The summed E-state index contributed by atoms with van der Waals surface area (Å²) in [6.45, 7) is 3.50. The van der Waals surface area contributed by atoms with Crippen molar-refractivity contribution in [3.8, 4) is 0 Å². The fourth-order valence-corrected chi connectivity index (χ4v) is 1.85. The molecule has 94 valence electrons. The maximum atomic E-state index is 5.74. The lowest BCUT2D eigenvalue weighted by Crippen LogP contribution is -2.33. The molecule has 2 rings (SSSR count). The van der Waals surface area contributed by atoms with Crippen LogP contribution in [0, 0.1) is 0 Å². The Bertz CT molecular complexity index is 327. The average molecular weight is 257 g/mol. The van der Waals surface area contributed by atoms with Gasteiger partial charge in [-0.15, -0.1) is 0 Å². The van der Waals surface area contributed by atoms with Gasteiger partial charge in [-0.2, -0.15) is 0 Å². The number of piperidine rings is 1. The maximum absolute atomic E-state index is 5.74. The van der Waals surface area contributed by atoms with E-state index in [1.54, 1.807) is 12.4 Å². The van der Waals surface area contributed by atoms with E-state index in [2.05, 4.69) is 20.6 Å². The lowest BCUT2D eigenvalue weighted by molar-refractivity contribution is 0.0394. The van der Waals surface area contributed by atoms with Crippen LogP contribution in [0.3, 0.4) is 0 Å². The number of hydrogen-bond donors (Lipinski definition) is 2. The summed E-state index contributed by atoms with van der Waals surface area (Å²) in [7, 11) is 0. The third kappa shape index (κ3) is 4.46. The fraction of sp³-hybridized carbons (Fsp3) is 0.636. The first kappa shape index (κ1) is 12.5. The van der Waals surface area contributed by atoms with Crippen molar-refractivity contribution in [2.75, 3.05) is 31.6 Å². The van der Waals surface area contributed by atoms with Gasteiger partial charge in [0, 0.05) is 6.54 Å². The topological polar surface area (TPSA) is 59.1 Å². The molecule has 17 heavy (non-hydrogen) atoms. The first-order valence-electron chi connectivity index (χ1n) is 5.88. The number of anilines is 1. The van der Waals surface area contributed by atoms with Crippen LogP contribution in [0.5, 0.6) is 0 Å². The molecule has 1 aromatic heterocycles. The zero-order chi connectivity index (χ0) is 11.9. The van der Waals surface area contributed by atoms with Gasteiger partial charge in [-0.05, 0) is 25.9 Å². The number of rotatable bonds is 5. The highest BCUT2D eigenvalue weighted by Crippen LogP contribution is 2.07. The van der Waals surface area contributed by atoms with Crippen molar-refractivity contribution in [1.82, 2.24) is 15.3 Å². The quantitative estimate of drug-likeness (QED) is 0.778. The Morgan fingerprint density at radius 1 is 1.35 bits per heavy atom. The molecule has 1 aromatic rings. The summed E-state index contributed by atoms with van der Waals surface area (Å²) in [5.41, 5.74) is 0. The highest BCUT2D eigenvalue weighted by Gasteiger charge is 2.12. The fourth-order valence-electron chi connectivity index (χ4n) is 1.75. The van der Waals surface area contributed by atoms with Crippen molar-refractivity contribution < 1.29 is 4.74 Å². The molecular formula is C11H17ClN4O. The van der Waals surface area contributed by atoms with Crippen LogP contribution in [0.15, 0.2) is 12.4 Å². The Morgan fingerprint density at radius 2 is 2.06 bits per heavy atom. The number of hydrogen-bond acceptors (Lipinski definition) is 5. The van der Waals surface area contributed by atoms with E-state index in [4.69, 9.17) is 16.3 Å². The van der Waals surface area contributed by atoms with Gasteiger partial charge in [0.2, 0.25) is 5.95 Å². The van der Waals surface area contributed by atoms with Crippen LogP contribution in [-0.2, 0) is 4.74 Å². The van der Waals surface area contributed by atoms with E-state index in [9.17, 15) is 0 Å². The van der Waals surface area contributed by atoms with Crippen molar-refractivity contribution >= 4 is 17.5 Å². The van der Waals surface area contributed by atoms with Crippen molar-refractivity contribution in [3.63, 3.8) is 0 Å². The second-order valence-corrected chi connectivity index (χ2v) is 4.41. The molecule has 0 amide bonds. The third-order valence-corrected chi connectivity index (χ3v) is 2.84. The van der Waals surface area contributed by atoms with Crippen LogP contribution in [0.4, 0.5) is 5.95 Å². The first-order valence-corrected chi connectivity index (χ1v) is 6.26. The molecule has 1 fully saturated rings. The Hall–Kier alpha value is -0.910. The zero-order valence-corrected chi connectivity index (χ0v) is 10.4. The SMILES string of the molecule is Clc1cnc(NCCOC2CCNCC2)nc1. The summed E-state index contributed by atoms with van der Waals surface area (Å²) in [6, 6.07) is 0. The van der Waals surface area contributed by atoms with Gasteiger partial charge in [-0.3, -0.25) is 0 Å². The van der Waals surface area contributed by atoms with Gasteiger partial charge in [-0.25, -0.2) is 9.97 Å². The number of nitrogens with zero attached hydrogens (tertiary/aromatic N) is 2. The van der Waals surface area contributed by atoms with Crippen LogP contribution in [0.25, 0.3) is 0 Å². The van der Waals surface area contributed by atoms with Gasteiger partial charge in [0.1, 0.15) is 0 Å². The summed E-state index contributed by atoms with van der Waals surface area (Å²) < 4.78 is 5.74. The summed E-state index contributed by atoms with van der Waals surface area (Å²) in [5.74, 6) is 0.586. The Morgan fingerprint density at radius 3 is 2.76 bits per heavy atom. The molecule has 0 spiro atoms. The van der Waals surface area contributed by atoms with Gasteiger partial charge >= 0.3 is 0 Å². The lowest BCUT2D eigenvalue weighted by atomic mass is 10.1. The van der Waals surface area contributed by atoms with Gasteiger partial charge in [-0.1, -0.05) is 11.6 Å². The second-order valence-electron chi connectivity index (χ2n) is 3.97. The first-order chi connectivity index (χ1) is 8.34. The molecular weight excluding hydrogens is 240 g/mol. The predicted molar refractivity (Wildman–Crippen MR) is 67.4 cm³/mol. The van der Waals surface area contributed by atoms with Crippen LogP contribution in [0.2, 0.25) is 5.02 Å². The van der Waals surface area contributed by atoms with Gasteiger partial charge < -0.3 is 15.4 Å². The standard InChI is InChI=1S/C11H17ClN4O/c12-9-7-15-11(16-8-9)14-5-6-17-10-1-3-13-4-2-10/h7-8,10,13H,1-6H2,(H,14,15,16). The van der Waals surface area contributed by atoms with Gasteiger partial charge in [0.05, 0.1) is 30.1 Å². The molecule has 0 aromatic carbocycles. The molecule has 0 bridgehead atoms. The number of halogens is 1. The molecule has 0 saturated carbocycles. The Labute approximate surface area is 106 Å². The molecule has 2 heterocycles. The molecule has 5 nitrogen and oxygen atoms in total. The van der Waals surface area contributed by atoms with E-state index >= 15 is 0 Å².